The lowest BCUT2D eigenvalue weighted by atomic mass is 10.0. The number of piperazine rings is 1. The van der Waals surface area contributed by atoms with Gasteiger partial charge in [-0.15, -0.1) is 0 Å². The molecule has 2 N–H and O–H groups in total. The highest BCUT2D eigenvalue weighted by Crippen LogP contribution is 2.16. The quantitative estimate of drug-likeness (QED) is 0.849. The van der Waals surface area contributed by atoms with Crippen LogP contribution in [0.4, 0.5) is 0 Å². The van der Waals surface area contributed by atoms with Crippen LogP contribution in [0.2, 0.25) is 0 Å². The zero-order valence-corrected chi connectivity index (χ0v) is 11.1. The van der Waals surface area contributed by atoms with Gasteiger partial charge in [0, 0.05) is 6.54 Å². The van der Waals surface area contributed by atoms with Crippen LogP contribution in [0.25, 0.3) is 0 Å². The molecule has 1 atom stereocenters. The van der Waals surface area contributed by atoms with Gasteiger partial charge in [-0.3, -0.25) is 9.59 Å². The number of phenolic OH excluding ortho intramolecular Hbond substituents is 1. The van der Waals surface area contributed by atoms with E-state index in [0.29, 0.717) is 6.54 Å². The van der Waals surface area contributed by atoms with Crippen LogP contribution in [0.1, 0.15) is 19.4 Å². The molecule has 0 aromatic heterocycles. The van der Waals surface area contributed by atoms with Gasteiger partial charge in [0.1, 0.15) is 11.8 Å². The maximum atomic E-state index is 12.3. The van der Waals surface area contributed by atoms with Crippen molar-refractivity contribution in [3.05, 3.63) is 29.8 Å². The highest BCUT2D eigenvalue weighted by Gasteiger charge is 2.34. The molecule has 19 heavy (non-hydrogen) atoms. The Morgan fingerprint density at radius 1 is 1.42 bits per heavy atom. The Balaban J connectivity index is 2.14. The maximum Gasteiger partial charge on any atom is 0.246 e. The highest BCUT2D eigenvalue weighted by molar-refractivity contribution is 5.94. The van der Waals surface area contributed by atoms with Crippen molar-refractivity contribution < 1.29 is 14.7 Å². The van der Waals surface area contributed by atoms with Gasteiger partial charge in [-0.2, -0.15) is 0 Å². The van der Waals surface area contributed by atoms with E-state index in [4.69, 9.17) is 0 Å². The van der Waals surface area contributed by atoms with E-state index in [2.05, 4.69) is 5.32 Å². The zero-order valence-electron chi connectivity index (χ0n) is 11.1. The number of rotatable bonds is 3. The number of nitrogens with zero attached hydrogens (tertiary/aromatic N) is 1. The molecule has 5 nitrogen and oxygen atoms in total. The fourth-order valence-corrected chi connectivity index (χ4v) is 2.19. The third kappa shape index (κ3) is 3.05. The molecule has 1 heterocycles. The Morgan fingerprint density at radius 3 is 2.79 bits per heavy atom. The summed E-state index contributed by atoms with van der Waals surface area (Å²) in [6.45, 7) is 4.21. The highest BCUT2D eigenvalue weighted by atomic mass is 16.3. The molecule has 1 unspecified atom stereocenters. The second-order valence-electron chi connectivity index (χ2n) is 5.15. The van der Waals surface area contributed by atoms with Crippen LogP contribution < -0.4 is 5.32 Å². The van der Waals surface area contributed by atoms with Crippen LogP contribution in [0.15, 0.2) is 24.3 Å². The van der Waals surface area contributed by atoms with E-state index in [-0.39, 0.29) is 30.0 Å². The van der Waals surface area contributed by atoms with Crippen molar-refractivity contribution in [2.45, 2.75) is 26.4 Å². The van der Waals surface area contributed by atoms with Crippen LogP contribution in [0.5, 0.6) is 5.75 Å². The van der Waals surface area contributed by atoms with E-state index in [1.54, 1.807) is 18.2 Å². The summed E-state index contributed by atoms with van der Waals surface area (Å²) in [4.78, 5) is 25.4. The van der Waals surface area contributed by atoms with Crippen molar-refractivity contribution in [3.8, 4) is 5.75 Å². The van der Waals surface area contributed by atoms with Crippen molar-refractivity contribution in [2.75, 3.05) is 6.54 Å². The molecule has 0 bridgehead atoms. The number of carbonyl (C=O) groups is 2. The normalized spacial score (nSPS) is 19.7. The van der Waals surface area contributed by atoms with Crippen molar-refractivity contribution in [2.24, 2.45) is 5.92 Å². The molecule has 0 radical (unpaired) electrons. The molecule has 0 spiro atoms. The Labute approximate surface area is 112 Å². The monoisotopic (exact) mass is 262 g/mol. The predicted octanol–water partition coefficient (Wildman–Crippen LogP) is 0.875. The molecule has 0 aliphatic carbocycles. The molecule has 1 fully saturated rings. The van der Waals surface area contributed by atoms with Crippen molar-refractivity contribution >= 4 is 11.8 Å². The van der Waals surface area contributed by atoms with E-state index in [1.165, 1.54) is 4.90 Å². The lowest BCUT2D eigenvalue weighted by Gasteiger charge is -2.34. The molecule has 1 aromatic rings. The molecule has 0 saturated carbocycles. The second-order valence-corrected chi connectivity index (χ2v) is 5.15. The third-order valence-electron chi connectivity index (χ3n) is 3.18. The van der Waals surface area contributed by atoms with E-state index < -0.39 is 6.04 Å². The first-order valence-electron chi connectivity index (χ1n) is 6.33. The summed E-state index contributed by atoms with van der Waals surface area (Å²) in [7, 11) is 0. The minimum Gasteiger partial charge on any atom is -0.508 e. The van der Waals surface area contributed by atoms with Crippen molar-refractivity contribution in [1.82, 2.24) is 10.2 Å². The van der Waals surface area contributed by atoms with Gasteiger partial charge < -0.3 is 15.3 Å². The molecular formula is C14H18N2O3. The van der Waals surface area contributed by atoms with Gasteiger partial charge in [0.25, 0.3) is 0 Å². The van der Waals surface area contributed by atoms with Crippen molar-refractivity contribution in [1.29, 1.82) is 0 Å². The van der Waals surface area contributed by atoms with Gasteiger partial charge in [0.05, 0.1) is 6.54 Å². The third-order valence-corrected chi connectivity index (χ3v) is 3.18. The molecule has 2 amide bonds. The SMILES string of the molecule is CC(C)C1NC(=O)CN(Cc2cccc(O)c2)C1=O. The van der Waals surface area contributed by atoms with Gasteiger partial charge in [-0.05, 0) is 23.6 Å². The first-order chi connectivity index (χ1) is 8.97. The van der Waals surface area contributed by atoms with E-state index in [1.807, 2.05) is 19.9 Å². The molecule has 1 aliphatic rings. The summed E-state index contributed by atoms with van der Waals surface area (Å²) < 4.78 is 0. The Hall–Kier alpha value is -2.04. The summed E-state index contributed by atoms with van der Waals surface area (Å²) in [5, 5.41) is 12.1. The maximum absolute atomic E-state index is 12.3. The molecule has 5 heteroatoms. The molecule has 102 valence electrons. The smallest absolute Gasteiger partial charge is 0.246 e. The average molecular weight is 262 g/mol. The van der Waals surface area contributed by atoms with Gasteiger partial charge >= 0.3 is 0 Å². The molecular weight excluding hydrogens is 244 g/mol. The summed E-state index contributed by atoms with van der Waals surface area (Å²) in [6.07, 6.45) is 0. The van der Waals surface area contributed by atoms with Crippen molar-refractivity contribution in [3.63, 3.8) is 0 Å². The largest absolute Gasteiger partial charge is 0.508 e. The number of aromatic hydroxyl groups is 1. The first kappa shape index (κ1) is 13.4. The number of phenols is 1. The number of benzene rings is 1. The summed E-state index contributed by atoms with van der Waals surface area (Å²) >= 11 is 0. The van der Waals surface area contributed by atoms with E-state index >= 15 is 0 Å². The summed E-state index contributed by atoms with van der Waals surface area (Å²) in [5.41, 5.74) is 0.811. The van der Waals surface area contributed by atoms with Gasteiger partial charge in [0.15, 0.2) is 0 Å². The minimum absolute atomic E-state index is 0.0587. The van der Waals surface area contributed by atoms with E-state index in [9.17, 15) is 14.7 Å². The van der Waals surface area contributed by atoms with Gasteiger partial charge in [0.2, 0.25) is 11.8 Å². The van der Waals surface area contributed by atoms with Gasteiger partial charge in [-0.1, -0.05) is 26.0 Å². The fourth-order valence-electron chi connectivity index (χ4n) is 2.19. The Bertz CT molecular complexity index is 499. The lowest BCUT2D eigenvalue weighted by molar-refractivity contribution is -0.146. The van der Waals surface area contributed by atoms with Crippen LogP contribution in [0, 0.1) is 5.92 Å². The summed E-state index contributed by atoms with van der Waals surface area (Å²) in [6, 6.07) is 6.26. The number of hydrogen-bond donors (Lipinski definition) is 2. The topological polar surface area (TPSA) is 69.6 Å². The van der Waals surface area contributed by atoms with E-state index in [0.717, 1.165) is 5.56 Å². The number of carbonyl (C=O) groups excluding carboxylic acids is 2. The first-order valence-corrected chi connectivity index (χ1v) is 6.33. The Morgan fingerprint density at radius 2 is 2.16 bits per heavy atom. The van der Waals surface area contributed by atoms with Crippen LogP contribution >= 0.6 is 0 Å². The molecule has 1 saturated heterocycles. The van der Waals surface area contributed by atoms with Gasteiger partial charge in [-0.25, -0.2) is 0 Å². The van der Waals surface area contributed by atoms with Crippen LogP contribution in [0.3, 0.4) is 0 Å². The average Bonchev–Trinajstić information content (AvgIpc) is 2.33. The number of nitrogens with one attached hydrogen (secondary N) is 1. The number of hydrogen-bond acceptors (Lipinski definition) is 3. The Kier molecular flexibility index (Phi) is 3.74. The molecule has 1 aliphatic heterocycles. The van der Waals surface area contributed by atoms with Crippen LogP contribution in [-0.2, 0) is 16.1 Å². The minimum atomic E-state index is -0.460. The second kappa shape index (κ2) is 5.30. The fraction of sp³-hybridized carbons (Fsp3) is 0.429. The van der Waals surface area contributed by atoms with Crippen LogP contribution in [-0.4, -0.2) is 34.4 Å². The summed E-state index contributed by atoms with van der Waals surface area (Å²) in [5.74, 6) is 0.00615. The zero-order chi connectivity index (χ0) is 14.0. The molecule has 1 aromatic carbocycles. The molecule has 2 rings (SSSR count). The lowest BCUT2D eigenvalue weighted by Crippen LogP contribution is -2.59. The standard InChI is InChI=1S/C14H18N2O3/c1-9(2)13-14(19)16(8-12(18)15-13)7-10-4-3-5-11(17)6-10/h3-6,9,13,17H,7-8H2,1-2H3,(H,15,18). The predicted molar refractivity (Wildman–Crippen MR) is 70.3 cm³/mol. The number of amides is 2.